The lowest BCUT2D eigenvalue weighted by Gasteiger charge is -2.39. The Morgan fingerprint density at radius 3 is 2.40 bits per heavy atom. The Morgan fingerprint density at radius 1 is 1.00 bits per heavy atom. The molecule has 6 heteroatoms. The second kappa shape index (κ2) is 6.45. The monoisotopic (exact) mass is 360 g/mol. The van der Waals surface area contributed by atoms with Crippen LogP contribution in [0.1, 0.15) is 37.7 Å². The molecule has 1 saturated heterocycles. The van der Waals surface area contributed by atoms with Crippen LogP contribution < -0.4 is 0 Å². The Morgan fingerprint density at radius 2 is 1.76 bits per heavy atom. The average Bonchev–Trinajstić information content (AvgIpc) is 3.19. The molecule has 0 unspecified atom stereocenters. The van der Waals surface area contributed by atoms with Crippen molar-refractivity contribution in [3.05, 3.63) is 34.9 Å². The molecule has 4 rings (SSSR count). The van der Waals surface area contributed by atoms with Crippen molar-refractivity contribution < 1.29 is 14.4 Å². The zero-order valence-electron chi connectivity index (χ0n) is 14.0. The lowest BCUT2D eigenvalue weighted by atomic mass is 9.93. The van der Waals surface area contributed by atoms with Gasteiger partial charge in [-0.3, -0.25) is 19.4 Å². The summed E-state index contributed by atoms with van der Waals surface area (Å²) in [6, 6.07) is 6.93. The third-order valence-corrected chi connectivity index (χ3v) is 6.13. The lowest BCUT2D eigenvalue weighted by molar-refractivity contribution is -0.144. The summed E-state index contributed by atoms with van der Waals surface area (Å²) in [5.41, 5.74) is 1.01. The summed E-state index contributed by atoms with van der Waals surface area (Å²) in [6.07, 6.45) is 4.68. The first-order valence-electron chi connectivity index (χ1n) is 8.94. The summed E-state index contributed by atoms with van der Waals surface area (Å²) in [5.74, 6) is 0.346. The van der Waals surface area contributed by atoms with Crippen LogP contribution in [0, 0.1) is 11.8 Å². The van der Waals surface area contributed by atoms with Crippen LogP contribution in [0.5, 0.6) is 0 Å². The van der Waals surface area contributed by atoms with Crippen LogP contribution in [0.15, 0.2) is 24.3 Å². The summed E-state index contributed by atoms with van der Waals surface area (Å²) in [5, 5.41) is 0.655. The fraction of sp³-hybridized carbons (Fsp3) is 0.526. The fourth-order valence-electron chi connectivity index (χ4n) is 4.62. The van der Waals surface area contributed by atoms with E-state index in [1.807, 2.05) is 12.1 Å². The number of hydrogen-bond acceptors (Lipinski definition) is 3. The summed E-state index contributed by atoms with van der Waals surface area (Å²) >= 11 is 5.88. The first-order chi connectivity index (χ1) is 12.0. The van der Waals surface area contributed by atoms with Crippen molar-refractivity contribution >= 4 is 29.4 Å². The largest absolute Gasteiger partial charge is 0.333 e. The Bertz CT molecular complexity index is 718. The summed E-state index contributed by atoms with van der Waals surface area (Å²) in [7, 11) is 0. The second-order valence-electron chi connectivity index (χ2n) is 7.39. The molecule has 0 N–H and O–H groups in total. The predicted molar refractivity (Wildman–Crippen MR) is 93.0 cm³/mol. The Balaban J connectivity index is 1.47. The molecule has 1 aromatic carbocycles. The molecule has 5 nitrogen and oxygen atoms in total. The first kappa shape index (κ1) is 16.6. The van der Waals surface area contributed by atoms with Crippen LogP contribution in [-0.2, 0) is 16.0 Å². The predicted octanol–water partition coefficient (Wildman–Crippen LogP) is 3.25. The molecule has 25 heavy (non-hydrogen) atoms. The van der Waals surface area contributed by atoms with Gasteiger partial charge < -0.3 is 0 Å². The topological polar surface area (TPSA) is 57.7 Å². The number of rotatable bonds is 4. The van der Waals surface area contributed by atoms with E-state index >= 15 is 0 Å². The van der Waals surface area contributed by atoms with Gasteiger partial charge in [-0.15, -0.1) is 0 Å². The summed E-state index contributed by atoms with van der Waals surface area (Å²) in [6.45, 7) is 0.296. The quantitative estimate of drug-likeness (QED) is 0.774. The van der Waals surface area contributed by atoms with Gasteiger partial charge in [-0.1, -0.05) is 30.2 Å². The molecule has 0 aromatic heterocycles. The van der Waals surface area contributed by atoms with E-state index in [4.69, 9.17) is 11.6 Å². The molecule has 1 heterocycles. The van der Waals surface area contributed by atoms with Gasteiger partial charge >= 0.3 is 6.03 Å². The zero-order valence-corrected chi connectivity index (χ0v) is 14.7. The van der Waals surface area contributed by atoms with E-state index in [2.05, 4.69) is 0 Å². The lowest BCUT2D eigenvalue weighted by Crippen LogP contribution is -2.59. The highest BCUT2D eigenvalue weighted by atomic mass is 35.5. The number of halogens is 1. The van der Waals surface area contributed by atoms with Crippen LogP contribution in [0.4, 0.5) is 4.79 Å². The van der Waals surface area contributed by atoms with Gasteiger partial charge in [0, 0.05) is 17.6 Å². The molecular formula is C19H21ClN2O3. The third-order valence-electron chi connectivity index (χ3n) is 5.88. The Hall–Kier alpha value is -1.88. The number of carbonyl (C=O) groups is 3. The molecule has 1 aromatic rings. The normalized spacial score (nSPS) is 29.0. The van der Waals surface area contributed by atoms with Gasteiger partial charge in [0.1, 0.15) is 6.42 Å². The van der Waals surface area contributed by atoms with E-state index < -0.39 is 6.03 Å². The van der Waals surface area contributed by atoms with Crippen molar-refractivity contribution in [3.8, 4) is 0 Å². The van der Waals surface area contributed by atoms with Crippen molar-refractivity contribution in [1.29, 1.82) is 0 Å². The maximum atomic E-state index is 12.9. The van der Waals surface area contributed by atoms with Crippen molar-refractivity contribution in [2.45, 2.75) is 44.6 Å². The van der Waals surface area contributed by atoms with E-state index in [1.165, 1.54) is 16.2 Å². The van der Waals surface area contributed by atoms with Crippen LogP contribution in [0.2, 0.25) is 5.02 Å². The van der Waals surface area contributed by atoms with E-state index in [0.717, 1.165) is 24.8 Å². The van der Waals surface area contributed by atoms with Crippen molar-refractivity contribution in [3.63, 3.8) is 0 Å². The number of carbonyl (C=O) groups excluding carboxylic acids is 3. The minimum atomic E-state index is -0.423. The molecule has 0 spiro atoms. The van der Waals surface area contributed by atoms with Gasteiger partial charge in [0.25, 0.3) is 0 Å². The number of imide groups is 2. The van der Waals surface area contributed by atoms with Gasteiger partial charge in [0.15, 0.2) is 0 Å². The number of nitrogens with zero attached hydrogens (tertiary/aromatic N) is 2. The van der Waals surface area contributed by atoms with Gasteiger partial charge in [0.2, 0.25) is 11.8 Å². The Kier molecular flexibility index (Phi) is 4.28. The van der Waals surface area contributed by atoms with Gasteiger partial charge in [-0.05, 0) is 55.2 Å². The molecule has 3 atom stereocenters. The number of hydrogen-bond donors (Lipinski definition) is 0. The highest BCUT2D eigenvalue weighted by Crippen LogP contribution is 2.47. The number of amides is 4. The fourth-order valence-corrected chi connectivity index (χ4v) is 4.75. The van der Waals surface area contributed by atoms with E-state index in [1.54, 1.807) is 12.1 Å². The Labute approximate surface area is 151 Å². The maximum Gasteiger partial charge on any atom is 0.333 e. The molecular weight excluding hydrogens is 340 g/mol. The molecule has 2 aliphatic carbocycles. The molecule has 4 amide bonds. The molecule has 2 bridgehead atoms. The number of benzene rings is 1. The highest BCUT2D eigenvalue weighted by Gasteiger charge is 2.49. The van der Waals surface area contributed by atoms with Crippen molar-refractivity contribution in [2.24, 2.45) is 11.8 Å². The molecule has 2 saturated carbocycles. The third kappa shape index (κ3) is 3.06. The smallest absolute Gasteiger partial charge is 0.274 e. The number of urea groups is 1. The minimum absolute atomic E-state index is 0.00937. The van der Waals surface area contributed by atoms with Gasteiger partial charge in [0.05, 0.1) is 0 Å². The first-order valence-corrected chi connectivity index (χ1v) is 9.31. The van der Waals surface area contributed by atoms with Gasteiger partial charge in [-0.25, -0.2) is 4.79 Å². The zero-order chi connectivity index (χ0) is 17.6. The minimum Gasteiger partial charge on any atom is -0.274 e. The van der Waals surface area contributed by atoms with Crippen LogP contribution in [0.3, 0.4) is 0 Å². The standard InChI is InChI=1S/C19H21ClN2O3/c20-15-5-2-12(3-6-15)7-8-21-17(23)11-18(24)22(19(21)25)16-10-13-1-4-14(16)9-13/h2-3,5-6,13-14,16H,1,4,7-11H2/t13-,14+,16-/m0/s1. The molecule has 0 radical (unpaired) electrons. The average molecular weight is 361 g/mol. The van der Waals surface area contributed by atoms with E-state index in [9.17, 15) is 14.4 Å². The molecule has 3 fully saturated rings. The molecule has 3 aliphatic rings. The molecule has 132 valence electrons. The highest BCUT2D eigenvalue weighted by molar-refractivity contribution is 6.30. The van der Waals surface area contributed by atoms with Crippen LogP contribution in [-0.4, -0.2) is 40.2 Å². The SMILES string of the molecule is O=C1CC(=O)N([C@H]2C[C@H]3CC[C@@H]2C3)C(=O)N1CCc1ccc(Cl)cc1. The molecule has 1 aliphatic heterocycles. The van der Waals surface area contributed by atoms with Crippen LogP contribution >= 0.6 is 11.6 Å². The van der Waals surface area contributed by atoms with E-state index in [-0.39, 0.29) is 24.3 Å². The summed E-state index contributed by atoms with van der Waals surface area (Å²) < 4.78 is 0. The summed E-state index contributed by atoms with van der Waals surface area (Å²) in [4.78, 5) is 40.1. The van der Waals surface area contributed by atoms with Crippen molar-refractivity contribution in [2.75, 3.05) is 6.54 Å². The number of barbiturate groups is 1. The number of fused-ring (bicyclic) bond motifs is 2. The maximum absolute atomic E-state index is 12.9. The van der Waals surface area contributed by atoms with Crippen LogP contribution in [0.25, 0.3) is 0 Å². The second-order valence-corrected chi connectivity index (χ2v) is 7.82. The van der Waals surface area contributed by atoms with Crippen molar-refractivity contribution in [1.82, 2.24) is 9.80 Å². The van der Waals surface area contributed by atoms with E-state index in [0.29, 0.717) is 29.8 Å². The van der Waals surface area contributed by atoms with Gasteiger partial charge in [-0.2, -0.15) is 0 Å².